The second-order valence-electron chi connectivity index (χ2n) is 3.16. The van der Waals surface area contributed by atoms with E-state index in [1.807, 2.05) is 0 Å². The molecule has 96 valence electrons. The third kappa shape index (κ3) is 2.17. The first-order chi connectivity index (χ1) is 8.42. The highest BCUT2D eigenvalue weighted by Gasteiger charge is 2.27. The zero-order valence-electron chi connectivity index (χ0n) is 8.72. The van der Waals surface area contributed by atoms with E-state index in [2.05, 4.69) is 15.3 Å². The lowest BCUT2D eigenvalue weighted by Crippen LogP contribution is -2.17. The first kappa shape index (κ1) is 12.4. The van der Waals surface area contributed by atoms with Crippen LogP contribution in [0.5, 0.6) is 0 Å². The molecule has 11 heteroatoms. The summed E-state index contributed by atoms with van der Waals surface area (Å²) in [4.78, 5) is 14.3. The Morgan fingerprint density at radius 1 is 1.56 bits per heavy atom. The zero-order valence-corrected chi connectivity index (χ0v) is 10.3. The Balaban J connectivity index is 2.47. The maximum atomic E-state index is 11.7. The van der Waals surface area contributed by atoms with Crippen LogP contribution in [0.2, 0.25) is 0 Å². The standard InChI is InChI=1S/C7H7N5O4S2/c8-5-6(18(15,16)3-4(13)14)10-11-12(5)7-9-1-2-17-7/h1-2H,3,8H2,(H,13,14). The van der Waals surface area contributed by atoms with Crippen molar-refractivity contribution in [3.8, 4) is 5.13 Å². The van der Waals surface area contributed by atoms with Crippen LogP contribution in [-0.2, 0) is 14.6 Å². The highest BCUT2D eigenvalue weighted by Crippen LogP contribution is 2.20. The largest absolute Gasteiger partial charge is 0.480 e. The molecule has 0 aliphatic carbocycles. The van der Waals surface area contributed by atoms with E-state index in [1.165, 1.54) is 17.5 Å². The van der Waals surface area contributed by atoms with Gasteiger partial charge in [-0.1, -0.05) is 5.21 Å². The number of carboxylic acids is 1. The normalized spacial score (nSPS) is 11.6. The molecule has 18 heavy (non-hydrogen) atoms. The Bertz CT molecular complexity index is 675. The molecule has 0 unspecified atom stereocenters. The lowest BCUT2D eigenvalue weighted by atomic mass is 10.7. The van der Waals surface area contributed by atoms with Gasteiger partial charge in [-0.05, 0) is 0 Å². The molecule has 2 heterocycles. The fourth-order valence-corrected chi connectivity index (χ4v) is 2.82. The van der Waals surface area contributed by atoms with Crippen LogP contribution < -0.4 is 5.73 Å². The van der Waals surface area contributed by atoms with E-state index in [-0.39, 0.29) is 5.82 Å². The number of aliphatic carboxylic acids is 1. The molecule has 0 saturated heterocycles. The van der Waals surface area contributed by atoms with Crippen LogP contribution in [-0.4, -0.2) is 45.2 Å². The molecule has 2 aromatic rings. The van der Waals surface area contributed by atoms with Gasteiger partial charge >= 0.3 is 5.97 Å². The number of thiazole rings is 1. The van der Waals surface area contributed by atoms with Crippen LogP contribution in [0, 0.1) is 0 Å². The van der Waals surface area contributed by atoms with Gasteiger partial charge in [0.2, 0.25) is 20.0 Å². The van der Waals surface area contributed by atoms with Crippen molar-refractivity contribution in [3.05, 3.63) is 11.6 Å². The Labute approximate surface area is 105 Å². The number of anilines is 1. The third-order valence-electron chi connectivity index (χ3n) is 1.88. The number of hydrogen-bond acceptors (Lipinski definition) is 8. The molecule has 3 N–H and O–H groups in total. The quantitative estimate of drug-likeness (QED) is 0.742. The summed E-state index contributed by atoms with van der Waals surface area (Å²) in [5, 5.41) is 16.9. The van der Waals surface area contributed by atoms with Crippen LogP contribution >= 0.6 is 11.3 Å². The number of sulfone groups is 1. The average Bonchev–Trinajstić information content (AvgIpc) is 2.83. The van der Waals surface area contributed by atoms with Crippen LogP contribution in [0.3, 0.4) is 0 Å². The van der Waals surface area contributed by atoms with E-state index < -0.39 is 26.6 Å². The van der Waals surface area contributed by atoms with Gasteiger partial charge in [-0.15, -0.1) is 16.4 Å². The van der Waals surface area contributed by atoms with Crippen LogP contribution in [0.15, 0.2) is 16.6 Å². The van der Waals surface area contributed by atoms with Gasteiger partial charge in [-0.25, -0.2) is 13.4 Å². The molecule has 0 bridgehead atoms. The van der Waals surface area contributed by atoms with Crippen molar-refractivity contribution < 1.29 is 18.3 Å². The summed E-state index contributed by atoms with van der Waals surface area (Å²) in [6.45, 7) is 0. The molecule has 0 spiro atoms. The second-order valence-corrected chi connectivity index (χ2v) is 5.94. The Morgan fingerprint density at radius 2 is 2.28 bits per heavy atom. The first-order valence-electron chi connectivity index (χ1n) is 4.47. The van der Waals surface area contributed by atoms with E-state index >= 15 is 0 Å². The van der Waals surface area contributed by atoms with E-state index in [0.717, 1.165) is 4.68 Å². The summed E-state index contributed by atoms with van der Waals surface area (Å²) in [5.74, 6) is -2.84. The summed E-state index contributed by atoms with van der Waals surface area (Å²) in [6, 6.07) is 0. The van der Waals surface area contributed by atoms with E-state index in [9.17, 15) is 13.2 Å². The highest BCUT2D eigenvalue weighted by molar-refractivity contribution is 7.92. The summed E-state index contributed by atoms with van der Waals surface area (Å²) in [7, 11) is -4.10. The number of nitrogens with two attached hydrogens (primary N) is 1. The topological polar surface area (TPSA) is 141 Å². The lowest BCUT2D eigenvalue weighted by molar-refractivity contribution is -0.134. The Morgan fingerprint density at radius 3 is 2.83 bits per heavy atom. The van der Waals surface area contributed by atoms with Crippen LogP contribution in [0.25, 0.3) is 5.13 Å². The van der Waals surface area contributed by atoms with Gasteiger partial charge in [0.15, 0.2) is 11.6 Å². The van der Waals surface area contributed by atoms with Crippen molar-refractivity contribution in [2.45, 2.75) is 5.03 Å². The maximum absolute atomic E-state index is 11.7. The molecular weight excluding hydrogens is 282 g/mol. The van der Waals surface area contributed by atoms with Gasteiger partial charge in [-0.2, -0.15) is 4.68 Å². The number of aromatic nitrogens is 4. The number of carbonyl (C=O) groups is 1. The second kappa shape index (κ2) is 4.34. The van der Waals surface area contributed by atoms with Crippen LogP contribution in [0.4, 0.5) is 5.82 Å². The van der Waals surface area contributed by atoms with Crippen molar-refractivity contribution in [2.24, 2.45) is 0 Å². The number of nitrogen functional groups attached to an aromatic ring is 1. The predicted molar refractivity (Wildman–Crippen MR) is 61.1 cm³/mol. The minimum absolute atomic E-state index is 0.258. The molecule has 0 amide bonds. The van der Waals surface area contributed by atoms with Crippen molar-refractivity contribution in [1.29, 1.82) is 0 Å². The number of carboxylic acid groups (broad SMARTS) is 1. The summed E-state index contributed by atoms with van der Waals surface area (Å²) in [5.41, 5.74) is 5.59. The molecule has 9 nitrogen and oxygen atoms in total. The highest BCUT2D eigenvalue weighted by atomic mass is 32.2. The summed E-state index contributed by atoms with van der Waals surface area (Å²) >= 11 is 1.19. The zero-order chi connectivity index (χ0) is 13.3. The minimum atomic E-state index is -4.10. The number of rotatable bonds is 4. The number of nitrogens with zero attached hydrogens (tertiary/aromatic N) is 4. The predicted octanol–water partition coefficient (Wildman–Crippen LogP) is -0.836. The van der Waals surface area contributed by atoms with Gasteiger partial charge in [0.1, 0.15) is 0 Å². The smallest absolute Gasteiger partial charge is 0.319 e. The fourth-order valence-electron chi connectivity index (χ4n) is 1.19. The van der Waals surface area contributed by atoms with Gasteiger partial charge in [-0.3, -0.25) is 4.79 Å². The van der Waals surface area contributed by atoms with E-state index in [4.69, 9.17) is 10.8 Å². The SMILES string of the molecule is Nc1c(S(=O)(=O)CC(=O)O)nnn1-c1nccs1. The van der Waals surface area contributed by atoms with Gasteiger partial charge < -0.3 is 10.8 Å². The van der Waals surface area contributed by atoms with Gasteiger partial charge in [0.25, 0.3) is 0 Å². The average molecular weight is 289 g/mol. The minimum Gasteiger partial charge on any atom is -0.480 e. The molecule has 0 saturated carbocycles. The van der Waals surface area contributed by atoms with Crippen LogP contribution in [0.1, 0.15) is 0 Å². The molecule has 0 aliphatic heterocycles. The molecule has 2 aromatic heterocycles. The number of hydrogen-bond donors (Lipinski definition) is 2. The lowest BCUT2D eigenvalue weighted by Gasteiger charge is -1.99. The Hall–Kier alpha value is -2.01. The molecule has 0 atom stereocenters. The fraction of sp³-hybridized carbons (Fsp3) is 0.143. The van der Waals surface area contributed by atoms with E-state index in [1.54, 1.807) is 5.38 Å². The van der Waals surface area contributed by atoms with Crippen molar-refractivity contribution in [1.82, 2.24) is 20.0 Å². The van der Waals surface area contributed by atoms with E-state index in [0.29, 0.717) is 5.13 Å². The first-order valence-corrected chi connectivity index (χ1v) is 7.00. The summed E-state index contributed by atoms with van der Waals surface area (Å²) in [6.07, 6.45) is 1.49. The summed E-state index contributed by atoms with van der Waals surface area (Å²) < 4.78 is 24.3. The molecular formula is C7H7N5O4S2. The van der Waals surface area contributed by atoms with Gasteiger partial charge in [0, 0.05) is 11.6 Å². The van der Waals surface area contributed by atoms with Gasteiger partial charge in [0.05, 0.1) is 0 Å². The maximum Gasteiger partial charge on any atom is 0.319 e. The molecule has 2 rings (SSSR count). The molecule has 0 fully saturated rings. The van der Waals surface area contributed by atoms with Crippen molar-refractivity contribution in [2.75, 3.05) is 11.5 Å². The molecule has 0 radical (unpaired) electrons. The molecule has 0 aromatic carbocycles. The Kier molecular flexibility index (Phi) is 3.00. The molecule has 0 aliphatic rings. The van der Waals surface area contributed by atoms with Crippen molar-refractivity contribution in [3.63, 3.8) is 0 Å². The third-order valence-corrected chi connectivity index (χ3v) is 4.13. The van der Waals surface area contributed by atoms with Crippen molar-refractivity contribution >= 4 is 33.0 Å². The monoisotopic (exact) mass is 289 g/mol.